The Bertz CT molecular complexity index is 539. The predicted octanol–water partition coefficient (Wildman–Crippen LogP) is 2.31. The average Bonchev–Trinajstić information content (AvgIpc) is 2.88. The fraction of sp³-hybridized carbons (Fsp3) is 0.333. The van der Waals surface area contributed by atoms with Crippen LogP contribution in [0.2, 0.25) is 0 Å². The van der Waals surface area contributed by atoms with E-state index in [1.165, 1.54) is 23.3 Å². The summed E-state index contributed by atoms with van der Waals surface area (Å²) in [6, 6.07) is 2.54. The normalized spacial score (nSPS) is 18.2. The van der Waals surface area contributed by atoms with E-state index in [0.717, 1.165) is 12.2 Å². The van der Waals surface area contributed by atoms with Gasteiger partial charge in [-0.1, -0.05) is 0 Å². The number of nitrogens with one attached hydrogen (secondary N) is 2. The number of aromatic nitrogens is 2. The van der Waals surface area contributed by atoms with Gasteiger partial charge < -0.3 is 10.7 Å². The highest BCUT2D eigenvalue weighted by Gasteiger charge is 2.21. The van der Waals surface area contributed by atoms with E-state index >= 15 is 0 Å². The maximum absolute atomic E-state index is 5.33. The summed E-state index contributed by atoms with van der Waals surface area (Å²) in [5, 5.41) is 5.60. The second-order valence-corrected chi connectivity index (χ2v) is 5.32. The maximum atomic E-state index is 5.33. The summed E-state index contributed by atoms with van der Waals surface area (Å²) in [5.74, 6) is 6.66. The molecule has 0 saturated heterocycles. The Labute approximate surface area is 109 Å². The highest BCUT2D eigenvalue weighted by atomic mass is 32.1. The van der Waals surface area contributed by atoms with Gasteiger partial charge in [0.25, 0.3) is 0 Å². The highest BCUT2D eigenvalue weighted by molar-refractivity contribution is 7.10. The maximum Gasteiger partial charge on any atom is 0.160 e. The van der Waals surface area contributed by atoms with Crippen LogP contribution in [0.4, 0.5) is 11.6 Å². The van der Waals surface area contributed by atoms with Gasteiger partial charge in [0.2, 0.25) is 0 Å². The number of nitrogens with two attached hydrogens (primary N) is 1. The van der Waals surface area contributed by atoms with Crippen LogP contribution in [-0.4, -0.2) is 9.97 Å². The van der Waals surface area contributed by atoms with Crippen molar-refractivity contribution in [1.82, 2.24) is 9.97 Å². The van der Waals surface area contributed by atoms with Gasteiger partial charge in [-0.05, 0) is 36.3 Å². The number of anilines is 2. The molecule has 0 saturated carbocycles. The molecule has 0 radical (unpaired) electrons. The van der Waals surface area contributed by atoms with E-state index in [-0.39, 0.29) is 0 Å². The third-order valence-electron chi connectivity index (χ3n) is 3.16. The minimum Gasteiger partial charge on any atom is -0.362 e. The summed E-state index contributed by atoms with van der Waals surface area (Å²) in [4.78, 5) is 9.92. The van der Waals surface area contributed by atoms with Crippen LogP contribution in [0.25, 0.3) is 0 Å². The first kappa shape index (κ1) is 11.4. The van der Waals surface area contributed by atoms with Crippen LogP contribution in [0.3, 0.4) is 0 Å². The van der Waals surface area contributed by atoms with Crippen molar-refractivity contribution in [2.24, 2.45) is 5.84 Å². The average molecular weight is 261 g/mol. The molecule has 94 valence electrons. The molecule has 3 rings (SSSR count). The van der Waals surface area contributed by atoms with Crippen LogP contribution in [-0.2, 0) is 6.42 Å². The SMILES string of the molecule is NNc1cncc(NC2CCCc3sccc32)n1. The van der Waals surface area contributed by atoms with Crippen LogP contribution < -0.4 is 16.6 Å². The van der Waals surface area contributed by atoms with Gasteiger partial charge in [-0.25, -0.2) is 10.8 Å². The third-order valence-corrected chi connectivity index (χ3v) is 4.15. The molecule has 1 aliphatic rings. The van der Waals surface area contributed by atoms with Gasteiger partial charge >= 0.3 is 0 Å². The summed E-state index contributed by atoms with van der Waals surface area (Å²) in [6.07, 6.45) is 6.87. The number of hydrazine groups is 1. The van der Waals surface area contributed by atoms with E-state index in [1.54, 1.807) is 12.4 Å². The van der Waals surface area contributed by atoms with Crippen molar-refractivity contribution in [2.45, 2.75) is 25.3 Å². The Kier molecular flexibility index (Phi) is 3.12. The molecule has 1 aliphatic carbocycles. The number of hydrogen-bond acceptors (Lipinski definition) is 6. The number of aryl methyl sites for hydroxylation is 1. The molecule has 0 bridgehead atoms. The summed E-state index contributed by atoms with van der Waals surface area (Å²) >= 11 is 1.84. The van der Waals surface area contributed by atoms with Gasteiger partial charge in [0.05, 0.1) is 18.4 Å². The zero-order valence-corrected chi connectivity index (χ0v) is 10.7. The van der Waals surface area contributed by atoms with Gasteiger partial charge in [-0.2, -0.15) is 0 Å². The van der Waals surface area contributed by atoms with Crippen LogP contribution in [0.1, 0.15) is 29.3 Å². The highest BCUT2D eigenvalue weighted by Crippen LogP contribution is 2.35. The lowest BCUT2D eigenvalue weighted by molar-refractivity contribution is 0.607. The zero-order valence-electron chi connectivity index (χ0n) is 9.89. The summed E-state index contributed by atoms with van der Waals surface area (Å²) in [6.45, 7) is 0. The van der Waals surface area contributed by atoms with Crippen molar-refractivity contribution in [3.8, 4) is 0 Å². The van der Waals surface area contributed by atoms with E-state index in [0.29, 0.717) is 11.9 Å². The van der Waals surface area contributed by atoms with Crippen molar-refractivity contribution in [3.05, 3.63) is 34.3 Å². The number of rotatable bonds is 3. The molecule has 0 amide bonds. The Morgan fingerprint density at radius 2 is 2.22 bits per heavy atom. The van der Waals surface area contributed by atoms with Gasteiger partial charge in [-0.3, -0.25) is 4.98 Å². The molecule has 4 N–H and O–H groups in total. The third kappa shape index (κ3) is 2.16. The largest absolute Gasteiger partial charge is 0.362 e. The standard InChI is InChI=1S/C12H15N5S/c13-17-12-7-14-6-11(16-12)15-9-2-1-3-10-8(9)4-5-18-10/h4-7,9H,1-3,13H2,(H2,15,16,17). The molecule has 5 nitrogen and oxygen atoms in total. The summed E-state index contributed by atoms with van der Waals surface area (Å²) in [5.41, 5.74) is 3.91. The summed E-state index contributed by atoms with van der Waals surface area (Å²) < 4.78 is 0. The second-order valence-electron chi connectivity index (χ2n) is 4.32. The molecule has 2 aromatic rings. The minimum absolute atomic E-state index is 0.335. The Morgan fingerprint density at radius 3 is 3.11 bits per heavy atom. The smallest absolute Gasteiger partial charge is 0.160 e. The molecule has 0 aliphatic heterocycles. The van der Waals surface area contributed by atoms with Crippen LogP contribution in [0.5, 0.6) is 0 Å². The molecule has 0 fully saturated rings. The second kappa shape index (κ2) is 4.91. The van der Waals surface area contributed by atoms with E-state index < -0.39 is 0 Å². The van der Waals surface area contributed by atoms with Crippen molar-refractivity contribution in [3.63, 3.8) is 0 Å². The molecular weight excluding hydrogens is 246 g/mol. The molecule has 2 aromatic heterocycles. The molecule has 6 heteroatoms. The van der Waals surface area contributed by atoms with Crippen LogP contribution in [0.15, 0.2) is 23.8 Å². The molecule has 0 spiro atoms. The number of nitrogens with zero attached hydrogens (tertiary/aromatic N) is 2. The van der Waals surface area contributed by atoms with E-state index in [2.05, 4.69) is 32.2 Å². The summed E-state index contributed by atoms with van der Waals surface area (Å²) in [7, 11) is 0. The zero-order chi connectivity index (χ0) is 12.4. The van der Waals surface area contributed by atoms with Crippen molar-refractivity contribution in [2.75, 3.05) is 10.7 Å². The van der Waals surface area contributed by atoms with E-state index in [1.807, 2.05) is 11.3 Å². The van der Waals surface area contributed by atoms with E-state index in [4.69, 9.17) is 5.84 Å². The first-order valence-electron chi connectivity index (χ1n) is 5.98. The quantitative estimate of drug-likeness (QED) is 0.584. The van der Waals surface area contributed by atoms with Gasteiger partial charge in [0.1, 0.15) is 5.82 Å². The lowest BCUT2D eigenvalue weighted by Gasteiger charge is -2.24. The van der Waals surface area contributed by atoms with Crippen molar-refractivity contribution in [1.29, 1.82) is 0 Å². The Balaban J connectivity index is 1.81. The van der Waals surface area contributed by atoms with Gasteiger partial charge in [-0.15, -0.1) is 11.3 Å². The number of fused-ring (bicyclic) bond motifs is 1. The minimum atomic E-state index is 0.335. The van der Waals surface area contributed by atoms with Gasteiger partial charge in [0, 0.05) is 4.88 Å². The molecule has 18 heavy (non-hydrogen) atoms. The lowest BCUT2D eigenvalue weighted by atomic mass is 9.94. The van der Waals surface area contributed by atoms with Crippen LogP contribution >= 0.6 is 11.3 Å². The molecule has 2 heterocycles. The Hall–Kier alpha value is -1.66. The number of thiophene rings is 1. The Morgan fingerprint density at radius 1 is 1.33 bits per heavy atom. The van der Waals surface area contributed by atoms with E-state index in [9.17, 15) is 0 Å². The van der Waals surface area contributed by atoms with Crippen molar-refractivity contribution < 1.29 is 0 Å². The fourth-order valence-corrected chi connectivity index (χ4v) is 3.31. The molecular formula is C12H15N5S. The number of hydrogen-bond donors (Lipinski definition) is 3. The van der Waals surface area contributed by atoms with Crippen LogP contribution in [0, 0.1) is 0 Å². The molecule has 0 aromatic carbocycles. The molecule has 1 atom stereocenters. The monoisotopic (exact) mass is 261 g/mol. The molecule has 1 unspecified atom stereocenters. The topological polar surface area (TPSA) is 75.9 Å². The van der Waals surface area contributed by atoms with Crippen molar-refractivity contribution >= 4 is 23.0 Å². The van der Waals surface area contributed by atoms with Gasteiger partial charge in [0.15, 0.2) is 5.82 Å². The first-order valence-corrected chi connectivity index (χ1v) is 6.86. The number of nitrogen functional groups attached to an aromatic ring is 1. The lowest BCUT2D eigenvalue weighted by Crippen LogP contribution is -2.17. The fourth-order valence-electron chi connectivity index (χ4n) is 2.32. The first-order chi connectivity index (χ1) is 8.86. The predicted molar refractivity (Wildman–Crippen MR) is 73.5 cm³/mol.